The van der Waals surface area contributed by atoms with Crippen LogP contribution in [0.3, 0.4) is 0 Å². The first-order valence-corrected chi connectivity index (χ1v) is 14.7. The molecule has 2 aliphatic rings. The Bertz CT molecular complexity index is 1310. The number of carboxylic acids is 1. The number of hydrogen-bond acceptors (Lipinski definition) is 8. The Kier molecular flexibility index (Phi) is 11.0. The summed E-state index contributed by atoms with van der Waals surface area (Å²) >= 11 is 0. The molecule has 4 amide bonds. The first-order valence-electron chi connectivity index (χ1n) is 14.7. The van der Waals surface area contributed by atoms with Crippen LogP contribution in [0.4, 0.5) is 10.6 Å². The molecule has 1 atom stereocenters. The number of nitrogens with one attached hydrogen (secondary N) is 2. The molecule has 230 valence electrons. The maximum atomic E-state index is 13.5. The molecule has 0 radical (unpaired) electrons. The van der Waals surface area contributed by atoms with Gasteiger partial charge in [-0.3, -0.25) is 19.2 Å². The van der Waals surface area contributed by atoms with Crippen molar-refractivity contribution in [1.29, 1.82) is 0 Å². The lowest BCUT2D eigenvalue weighted by atomic mass is 9.89. The van der Waals surface area contributed by atoms with Gasteiger partial charge in [0.1, 0.15) is 17.6 Å². The molecule has 2 aromatic rings. The molecule has 2 heterocycles. The number of carbonyl (C=O) groups excluding carboxylic acids is 4. The smallest absolute Gasteiger partial charge is 0.409 e. The molecule has 1 aromatic heterocycles. The summed E-state index contributed by atoms with van der Waals surface area (Å²) in [5.41, 5.74) is 0.552. The third-order valence-electron chi connectivity index (χ3n) is 7.59. The molecule has 3 N–H and O–H groups in total. The van der Waals surface area contributed by atoms with Gasteiger partial charge in [0.25, 0.3) is 5.91 Å². The summed E-state index contributed by atoms with van der Waals surface area (Å²) in [6.07, 6.45) is 3.69. The lowest BCUT2D eigenvalue weighted by Crippen LogP contribution is -2.56. The zero-order valence-corrected chi connectivity index (χ0v) is 24.3. The molecule has 43 heavy (non-hydrogen) atoms. The highest BCUT2D eigenvalue weighted by Gasteiger charge is 2.31. The fraction of sp³-hybridized carbons (Fsp3) is 0.500. The van der Waals surface area contributed by atoms with Gasteiger partial charge in [-0.15, -0.1) is 0 Å². The second-order valence-corrected chi connectivity index (χ2v) is 10.6. The van der Waals surface area contributed by atoms with Gasteiger partial charge in [-0.1, -0.05) is 49.6 Å². The van der Waals surface area contributed by atoms with Gasteiger partial charge in [-0.05, 0) is 26.2 Å². The first kappa shape index (κ1) is 31.4. The van der Waals surface area contributed by atoms with E-state index < -0.39 is 29.9 Å². The third-order valence-corrected chi connectivity index (χ3v) is 7.59. The second-order valence-electron chi connectivity index (χ2n) is 10.6. The lowest BCUT2D eigenvalue weighted by Gasteiger charge is -2.35. The largest absolute Gasteiger partial charge is 0.481 e. The topological polar surface area (TPSA) is 171 Å². The second kappa shape index (κ2) is 15.1. The number of hydrogen-bond donors (Lipinski definition) is 3. The lowest BCUT2D eigenvalue weighted by molar-refractivity contribution is -0.138. The number of amides is 4. The van der Waals surface area contributed by atoms with Gasteiger partial charge in [0.15, 0.2) is 5.82 Å². The zero-order valence-electron chi connectivity index (χ0n) is 24.3. The van der Waals surface area contributed by atoms with Crippen LogP contribution in [0.2, 0.25) is 0 Å². The average molecular weight is 595 g/mol. The van der Waals surface area contributed by atoms with E-state index in [9.17, 15) is 29.1 Å². The summed E-state index contributed by atoms with van der Waals surface area (Å²) in [5, 5.41) is 14.8. The molecule has 13 nitrogen and oxygen atoms in total. The standard InChI is InChI=1S/C30H38N6O7/c1-2-43-30(42)36-17-15-35(16-18-36)29(41)22(13-14-25(37)38)32-28(40)23-19-24(34-27(39)21-11-7-4-8-12-21)33-26(31-23)20-9-5-3-6-10-20/h3,5-6,9-10,19,21-22H,2,4,7-8,11-18H2,1H3,(H,32,40)(H,37,38)(H,31,33,34,39)/t22-/m0/s1. The predicted molar refractivity (Wildman–Crippen MR) is 156 cm³/mol. The van der Waals surface area contributed by atoms with Crippen molar-refractivity contribution in [1.82, 2.24) is 25.1 Å². The molecule has 1 aromatic carbocycles. The first-order chi connectivity index (χ1) is 20.7. The highest BCUT2D eigenvalue weighted by Crippen LogP contribution is 2.25. The van der Waals surface area contributed by atoms with Crippen molar-refractivity contribution < 1.29 is 33.8 Å². The maximum absolute atomic E-state index is 13.5. The highest BCUT2D eigenvalue weighted by atomic mass is 16.6. The third kappa shape index (κ3) is 8.72. The van der Waals surface area contributed by atoms with E-state index in [4.69, 9.17) is 4.74 Å². The maximum Gasteiger partial charge on any atom is 0.409 e. The summed E-state index contributed by atoms with van der Waals surface area (Å²) < 4.78 is 5.02. The molecular formula is C30H38N6O7. The minimum atomic E-state index is -1.15. The molecule has 0 bridgehead atoms. The normalized spacial score (nSPS) is 16.2. The monoisotopic (exact) mass is 594 g/mol. The van der Waals surface area contributed by atoms with Crippen molar-refractivity contribution >= 4 is 35.6 Å². The van der Waals surface area contributed by atoms with E-state index in [0.717, 1.165) is 32.1 Å². The van der Waals surface area contributed by atoms with E-state index in [0.29, 0.717) is 5.56 Å². The van der Waals surface area contributed by atoms with Crippen molar-refractivity contribution in [3.63, 3.8) is 0 Å². The Labute approximate surface area is 250 Å². The summed E-state index contributed by atoms with van der Waals surface area (Å²) in [4.78, 5) is 75.2. The van der Waals surface area contributed by atoms with Gasteiger partial charge in [-0.25, -0.2) is 14.8 Å². The van der Waals surface area contributed by atoms with E-state index in [1.54, 1.807) is 31.2 Å². The van der Waals surface area contributed by atoms with Crippen LogP contribution in [-0.4, -0.2) is 93.5 Å². The van der Waals surface area contributed by atoms with Crippen molar-refractivity contribution in [2.45, 2.75) is 57.9 Å². The van der Waals surface area contributed by atoms with Crippen LogP contribution in [-0.2, 0) is 19.1 Å². The van der Waals surface area contributed by atoms with Crippen LogP contribution in [0, 0.1) is 5.92 Å². The van der Waals surface area contributed by atoms with Crippen LogP contribution in [0.5, 0.6) is 0 Å². The average Bonchev–Trinajstić information content (AvgIpc) is 3.03. The molecule has 1 aliphatic heterocycles. The number of carboxylic acid groups (broad SMARTS) is 1. The Morgan fingerprint density at radius 2 is 1.65 bits per heavy atom. The van der Waals surface area contributed by atoms with E-state index in [2.05, 4.69) is 20.6 Å². The fourth-order valence-electron chi connectivity index (χ4n) is 5.24. The van der Waals surface area contributed by atoms with E-state index in [1.807, 2.05) is 6.07 Å². The van der Waals surface area contributed by atoms with Crippen molar-refractivity contribution in [3.8, 4) is 11.4 Å². The molecule has 1 aliphatic carbocycles. The number of rotatable bonds is 10. The molecule has 13 heteroatoms. The van der Waals surface area contributed by atoms with Crippen LogP contribution >= 0.6 is 0 Å². The molecule has 1 saturated carbocycles. The Balaban J connectivity index is 1.53. The Morgan fingerprint density at radius 3 is 2.30 bits per heavy atom. The highest BCUT2D eigenvalue weighted by molar-refractivity contribution is 5.98. The number of aromatic nitrogens is 2. The van der Waals surface area contributed by atoms with E-state index >= 15 is 0 Å². The minimum absolute atomic E-state index is 0.0759. The van der Waals surface area contributed by atoms with Crippen LogP contribution in [0.1, 0.15) is 62.4 Å². The number of piperazine rings is 1. The van der Waals surface area contributed by atoms with Gasteiger partial charge >= 0.3 is 12.1 Å². The molecule has 0 unspecified atom stereocenters. The number of anilines is 1. The molecule has 2 fully saturated rings. The molecule has 0 spiro atoms. The number of benzene rings is 1. The van der Waals surface area contributed by atoms with Gasteiger partial charge in [0.05, 0.1) is 6.61 Å². The number of aliphatic carboxylic acids is 1. The van der Waals surface area contributed by atoms with Crippen LogP contribution in [0.25, 0.3) is 11.4 Å². The van der Waals surface area contributed by atoms with Crippen LogP contribution in [0.15, 0.2) is 36.4 Å². The Morgan fingerprint density at radius 1 is 0.977 bits per heavy atom. The Hall–Kier alpha value is -4.55. The van der Waals surface area contributed by atoms with Gasteiger partial charge in [-0.2, -0.15) is 0 Å². The predicted octanol–water partition coefficient (Wildman–Crippen LogP) is 2.93. The number of ether oxygens (including phenoxy) is 1. The van der Waals surface area contributed by atoms with E-state index in [1.165, 1.54) is 15.9 Å². The van der Waals surface area contributed by atoms with E-state index in [-0.39, 0.29) is 74.8 Å². The van der Waals surface area contributed by atoms with Gasteiger partial charge in [0, 0.05) is 50.1 Å². The summed E-state index contributed by atoms with van der Waals surface area (Å²) in [7, 11) is 0. The molecule has 1 saturated heterocycles. The summed E-state index contributed by atoms with van der Waals surface area (Å²) in [6.45, 7) is 2.87. The SMILES string of the molecule is CCOC(=O)N1CCN(C(=O)[C@H](CCC(=O)O)NC(=O)c2cc(NC(=O)C3CCCCC3)nc(-c3ccccc3)n2)CC1. The molecule has 4 rings (SSSR count). The van der Waals surface area contributed by atoms with Crippen LogP contribution < -0.4 is 10.6 Å². The van der Waals surface area contributed by atoms with Gasteiger partial charge in [0.2, 0.25) is 11.8 Å². The number of nitrogens with zero attached hydrogens (tertiary/aromatic N) is 4. The van der Waals surface area contributed by atoms with Crippen molar-refractivity contribution in [2.75, 3.05) is 38.1 Å². The quantitative estimate of drug-likeness (QED) is 0.374. The molecular weight excluding hydrogens is 556 g/mol. The van der Waals surface area contributed by atoms with Gasteiger partial charge < -0.3 is 30.3 Å². The van der Waals surface area contributed by atoms with Crippen molar-refractivity contribution in [3.05, 3.63) is 42.1 Å². The minimum Gasteiger partial charge on any atom is -0.481 e. The zero-order chi connectivity index (χ0) is 30.8. The summed E-state index contributed by atoms with van der Waals surface area (Å²) in [6, 6.07) is 9.20. The fourth-order valence-corrected chi connectivity index (χ4v) is 5.24. The van der Waals surface area contributed by atoms with Crippen molar-refractivity contribution in [2.24, 2.45) is 5.92 Å². The number of carbonyl (C=O) groups is 5. The summed E-state index contributed by atoms with van der Waals surface area (Å²) in [5.74, 6) is -2.19.